The molecule has 1 saturated carbocycles. The largest absolute Gasteiger partial charge is 0.393 e. The summed E-state index contributed by atoms with van der Waals surface area (Å²) in [6.45, 7) is 6.70. The number of aliphatic hydroxyl groups excluding tert-OH is 1. The predicted octanol–water partition coefficient (Wildman–Crippen LogP) is 3.86. The maximum absolute atomic E-state index is 10.8. The molecule has 3 aliphatic rings. The Kier molecular flexibility index (Phi) is 5.20. The maximum Gasteiger partial charge on any atom is 0.0583 e. The number of unbranched alkanes of at least 4 members (excludes halogenated alkanes) is 1. The van der Waals surface area contributed by atoms with Crippen molar-refractivity contribution in [2.75, 3.05) is 26.2 Å². The highest BCUT2D eigenvalue weighted by Gasteiger charge is 2.46. The average molecular weight is 382 g/mol. The molecule has 5 atom stereocenters. The molecule has 2 aromatic rings. The Hall–Kier alpha value is -1.36. The van der Waals surface area contributed by atoms with Crippen LogP contribution in [0.15, 0.2) is 24.3 Å². The van der Waals surface area contributed by atoms with Gasteiger partial charge in [0.1, 0.15) is 0 Å². The van der Waals surface area contributed by atoms with Gasteiger partial charge in [0.15, 0.2) is 0 Å². The highest BCUT2D eigenvalue weighted by molar-refractivity contribution is 5.85. The third-order valence-corrected chi connectivity index (χ3v) is 7.80. The van der Waals surface area contributed by atoms with Gasteiger partial charge in [-0.3, -0.25) is 4.90 Å². The number of hydrogen-bond donors (Lipinski definition) is 3. The summed E-state index contributed by atoms with van der Waals surface area (Å²) in [6.07, 6.45) is 6.86. The van der Waals surface area contributed by atoms with Crippen LogP contribution in [0.1, 0.15) is 56.3 Å². The van der Waals surface area contributed by atoms with Crippen LogP contribution in [0.2, 0.25) is 0 Å². The van der Waals surface area contributed by atoms with E-state index in [1.807, 2.05) is 0 Å². The predicted molar refractivity (Wildman–Crippen MR) is 114 cm³/mol. The molecule has 1 aromatic carbocycles. The Labute approximate surface area is 168 Å². The molecule has 0 amide bonds. The van der Waals surface area contributed by atoms with E-state index in [9.17, 15) is 5.11 Å². The van der Waals surface area contributed by atoms with Gasteiger partial charge in [-0.2, -0.15) is 0 Å². The number of hydrogen-bond acceptors (Lipinski definition) is 3. The van der Waals surface area contributed by atoms with Crippen LogP contribution in [0.3, 0.4) is 0 Å². The van der Waals surface area contributed by atoms with Crippen molar-refractivity contribution in [1.82, 2.24) is 15.2 Å². The molecule has 1 aliphatic carbocycles. The second-order valence-corrected chi connectivity index (χ2v) is 9.35. The van der Waals surface area contributed by atoms with Crippen molar-refractivity contribution in [2.24, 2.45) is 17.8 Å². The van der Waals surface area contributed by atoms with E-state index in [1.165, 1.54) is 55.4 Å². The normalized spacial score (nSPS) is 32.7. The van der Waals surface area contributed by atoms with Crippen LogP contribution in [0, 0.1) is 17.8 Å². The fraction of sp³-hybridized carbons (Fsp3) is 0.667. The van der Waals surface area contributed by atoms with Gasteiger partial charge in [0.05, 0.1) is 12.1 Å². The lowest BCUT2D eigenvalue weighted by molar-refractivity contribution is -0.0549. The molecule has 0 radical (unpaired) electrons. The number of para-hydroxylation sites is 1. The minimum absolute atomic E-state index is 0.132. The van der Waals surface area contributed by atoms with Gasteiger partial charge in [0.25, 0.3) is 0 Å². The molecule has 1 saturated heterocycles. The smallest absolute Gasteiger partial charge is 0.0583 e. The van der Waals surface area contributed by atoms with E-state index in [0.29, 0.717) is 17.9 Å². The summed E-state index contributed by atoms with van der Waals surface area (Å²) in [5.74, 6) is 1.80. The lowest BCUT2D eigenvalue weighted by Gasteiger charge is -2.51. The second-order valence-electron chi connectivity index (χ2n) is 9.35. The average Bonchev–Trinajstić information content (AvgIpc) is 3.10. The number of aromatic amines is 1. The number of benzene rings is 1. The summed E-state index contributed by atoms with van der Waals surface area (Å²) >= 11 is 0. The molecular weight excluding hydrogens is 346 g/mol. The topological polar surface area (TPSA) is 51.3 Å². The molecule has 2 aliphatic heterocycles. The molecule has 5 unspecified atom stereocenters. The van der Waals surface area contributed by atoms with Gasteiger partial charge in [-0.05, 0) is 62.1 Å². The van der Waals surface area contributed by atoms with E-state index < -0.39 is 0 Å². The van der Waals surface area contributed by atoms with E-state index in [1.54, 1.807) is 5.56 Å². The number of fused-ring (bicyclic) bond motifs is 6. The quantitative estimate of drug-likeness (QED) is 0.689. The van der Waals surface area contributed by atoms with E-state index in [4.69, 9.17) is 0 Å². The number of aliphatic hydroxyl groups is 1. The fourth-order valence-corrected chi connectivity index (χ4v) is 6.31. The standard InChI is InChI=1S/C24H35N3O/c1-2-3-11-25-14-20-19-13-22-24-18(17-6-4-5-7-21(17)26-24)10-12-27(22)15-16(19)8-9-23(20)28/h4-7,16,19-20,22-23,25-26,28H,2-3,8-15H2,1H3. The van der Waals surface area contributed by atoms with Crippen molar-refractivity contribution in [2.45, 2.75) is 57.6 Å². The van der Waals surface area contributed by atoms with E-state index in [2.05, 4.69) is 46.4 Å². The monoisotopic (exact) mass is 381 g/mol. The molecule has 0 spiro atoms. The zero-order chi connectivity index (χ0) is 19.1. The summed E-state index contributed by atoms with van der Waals surface area (Å²) in [5, 5.41) is 15.9. The SMILES string of the molecule is CCCCNCC1C(O)CCC2CN3CCc4c([nH]c5ccccc45)C3CC21. The van der Waals surface area contributed by atoms with Crippen LogP contribution in [0.25, 0.3) is 10.9 Å². The van der Waals surface area contributed by atoms with Crippen molar-refractivity contribution in [1.29, 1.82) is 0 Å². The second kappa shape index (κ2) is 7.81. The Morgan fingerprint density at radius 2 is 2.14 bits per heavy atom. The van der Waals surface area contributed by atoms with Crippen LogP contribution >= 0.6 is 0 Å². The highest BCUT2D eigenvalue weighted by Crippen LogP contribution is 2.48. The summed E-state index contributed by atoms with van der Waals surface area (Å²) < 4.78 is 0. The molecule has 4 heteroatoms. The Balaban J connectivity index is 1.39. The minimum atomic E-state index is -0.132. The van der Waals surface area contributed by atoms with E-state index in [-0.39, 0.29) is 6.10 Å². The van der Waals surface area contributed by atoms with E-state index in [0.717, 1.165) is 31.8 Å². The van der Waals surface area contributed by atoms with Crippen molar-refractivity contribution >= 4 is 10.9 Å². The molecule has 152 valence electrons. The van der Waals surface area contributed by atoms with Crippen LogP contribution < -0.4 is 5.32 Å². The third-order valence-electron chi connectivity index (χ3n) is 7.80. The van der Waals surface area contributed by atoms with Gasteiger partial charge in [-0.25, -0.2) is 0 Å². The minimum Gasteiger partial charge on any atom is -0.393 e. The number of nitrogens with zero attached hydrogens (tertiary/aromatic N) is 1. The van der Waals surface area contributed by atoms with Crippen molar-refractivity contribution in [3.63, 3.8) is 0 Å². The molecule has 3 N–H and O–H groups in total. The molecule has 0 bridgehead atoms. The van der Waals surface area contributed by atoms with Gasteiger partial charge in [0.2, 0.25) is 0 Å². The van der Waals surface area contributed by atoms with Gasteiger partial charge in [0, 0.05) is 42.1 Å². The van der Waals surface area contributed by atoms with Gasteiger partial charge in [-0.1, -0.05) is 31.5 Å². The third kappa shape index (κ3) is 3.20. The van der Waals surface area contributed by atoms with Crippen LogP contribution in [-0.4, -0.2) is 47.3 Å². The number of H-pyrrole nitrogens is 1. The molecule has 1 aromatic heterocycles. The van der Waals surface area contributed by atoms with Crippen LogP contribution in [-0.2, 0) is 6.42 Å². The lowest BCUT2D eigenvalue weighted by atomic mass is 9.65. The number of nitrogens with one attached hydrogen (secondary N) is 2. The van der Waals surface area contributed by atoms with Gasteiger partial charge >= 0.3 is 0 Å². The fourth-order valence-electron chi connectivity index (χ4n) is 6.31. The van der Waals surface area contributed by atoms with Gasteiger partial charge in [-0.15, -0.1) is 0 Å². The summed E-state index contributed by atoms with van der Waals surface area (Å²) in [7, 11) is 0. The first-order valence-electron chi connectivity index (χ1n) is 11.5. The zero-order valence-electron chi connectivity index (χ0n) is 17.2. The number of aromatic nitrogens is 1. The lowest BCUT2D eigenvalue weighted by Crippen LogP contribution is -2.53. The summed E-state index contributed by atoms with van der Waals surface area (Å²) in [5.41, 5.74) is 4.30. The number of piperidine rings is 1. The van der Waals surface area contributed by atoms with Crippen molar-refractivity contribution in [3.8, 4) is 0 Å². The van der Waals surface area contributed by atoms with Crippen molar-refractivity contribution < 1.29 is 5.11 Å². The van der Waals surface area contributed by atoms with Crippen LogP contribution in [0.5, 0.6) is 0 Å². The van der Waals surface area contributed by atoms with Gasteiger partial charge < -0.3 is 15.4 Å². The molecule has 5 rings (SSSR count). The maximum atomic E-state index is 10.8. The molecule has 2 fully saturated rings. The Bertz CT molecular complexity index is 815. The first-order chi connectivity index (χ1) is 13.8. The van der Waals surface area contributed by atoms with Crippen LogP contribution in [0.4, 0.5) is 0 Å². The highest BCUT2D eigenvalue weighted by atomic mass is 16.3. The molecule has 28 heavy (non-hydrogen) atoms. The number of rotatable bonds is 5. The Morgan fingerprint density at radius 1 is 1.25 bits per heavy atom. The Morgan fingerprint density at radius 3 is 3.04 bits per heavy atom. The molecule has 3 heterocycles. The first kappa shape index (κ1) is 18.7. The van der Waals surface area contributed by atoms with Crippen molar-refractivity contribution in [3.05, 3.63) is 35.5 Å². The molecule has 4 nitrogen and oxygen atoms in total. The molecular formula is C24H35N3O. The first-order valence-corrected chi connectivity index (χ1v) is 11.5. The van der Waals surface area contributed by atoms with E-state index >= 15 is 0 Å². The zero-order valence-corrected chi connectivity index (χ0v) is 17.2. The summed E-state index contributed by atoms with van der Waals surface area (Å²) in [6, 6.07) is 9.29. The summed E-state index contributed by atoms with van der Waals surface area (Å²) in [4.78, 5) is 6.51.